The lowest BCUT2D eigenvalue weighted by atomic mass is 9.88. The van der Waals surface area contributed by atoms with Crippen molar-refractivity contribution >= 4 is 5.97 Å². The van der Waals surface area contributed by atoms with E-state index < -0.39 is 12.1 Å². The van der Waals surface area contributed by atoms with Gasteiger partial charge in [0.1, 0.15) is 0 Å². The van der Waals surface area contributed by atoms with Crippen LogP contribution in [0, 0.1) is 13.8 Å². The van der Waals surface area contributed by atoms with Crippen molar-refractivity contribution in [3.63, 3.8) is 0 Å². The molecule has 1 atom stereocenters. The maximum atomic E-state index is 11.3. The van der Waals surface area contributed by atoms with Crippen molar-refractivity contribution in [1.29, 1.82) is 0 Å². The summed E-state index contributed by atoms with van der Waals surface area (Å²) in [5.74, 6) is -0.896. The SMILES string of the molecule is COC(C(=O)O)C1(c2c(C)nn(C)c2C)CC1. The van der Waals surface area contributed by atoms with Crippen LogP contribution in [0.25, 0.3) is 0 Å². The van der Waals surface area contributed by atoms with Crippen LogP contribution in [0.15, 0.2) is 0 Å². The number of carboxylic acids is 1. The third kappa shape index (κ3) is 1.65. The summed E-state index contributed by atoms with van der Waals surface area (Å²) < 4.78 is 6.98. The summed E-state index contributed by atoms with van der Waals surface area (Å²) in [6.07, 6.45) is 0.931. The molecule has 0 saturated heterocycles. The Balaban J connectivity index is 2.48. The molecule has 0 spiro atoms. The Morgan fingerprint density at radius 2 is 2.12 bits per heavy atom. The third-order valence-electron chi connectivity index (χ3n) is 3.76. The number of rotatable bonds is 4. The average Bonchev–Trinajstić information content (AvgIpc) is 2.94. The molecule has 1 fully saturated rings. The number of nitrogens with zero attached hydrogens (tertiary/aromatic N) is 2. The molecule has 17 heavy (non-hydrogen) atoms. The molecule has 1 aliphatic rings. The quantitative estimate of drug-likeness (QED) is 0.855. The molecule has 0 aromatic carbocycles. The van der Waals surface area contributed by atoms with Crippen molar-refractivity contribution in [2.75, 3.05) is 7.11 Å². The summed E-state index contributed by atoms with van der Waals surface area (Å²) in [4.78, 5) is 11.3. The van der Waals surface area contributed by atoms with Gasteiger partial charge in [0.15, 0.2) is 6.10 Å². The van der Waals surface area contributed by atoms with Gasteiger partial charge in [0.2, 0.25) is 0 Å². The Morgan fingerprint density at radius 1 is 1.53 bits per heavy atom. The van der Waals surface area contributed by atoms with Gasteiger partial charge in [-0.05, 0) is 26.7 Å². The Kier molecular flexibility index (Phi) is 2.73. The summed E-state index contributed by atoms with van der Waals surface area (Å²) in [5, 5.41) is 13.6. The van der Waals surface area contributed by atoms with Gasteiger partial charge in [-0.25, -0.2) is 4.79 Å². The smallest absolute Gasteiger partial charge is 0.333 e. The molecule has 5 heteroatoms. The highest BCUT2D eigenvalue weighted by molar-refractivity contribution is 5.76. The first-order valence-corrected chi connectivity index (χ1v) is 5.70. The Bertz CT molecular complexity index is 461. The third-order valence-corrected chi connectivity index (χ3v) is 3.76. The van der Waals surface area contributed by atoms with Gasteiger partial charge in [-0.1, -0.05) is 0 Å². The van der Waals surface area contributed by atoms with E-state index in [0.717, 1.165) is 29.8 Å². The minimum atomic E-state index is -0.896. The number of methoxy groups -OCH3 is 1. The Labute approximate surface area is 100 Å². The van der Waals surface area contributed by atoms with Crippen LogP contribution in [0.4, 0.5) is 0 Å². The van der Waals surface area contributed by atoms with Gasteiger partial charge < -0.3 is 9.84 Å². The van der Waals surface area contributed by atoms with Crippen molar-refractivity contribution in [1.82, 2.24) is 9.78 Å². The first-order chi connectivity index (χ1) is 7.94. The van der Waals surface area contributed by atoms with Crippen LogP contribution in [-0.2, 0) is 22.0 Å². The van der Waals surface area contributed by atoms with Crippen LogP contribution in [0.5, 0.6) is 0 Å². The molecule has 0 amide bonds. The van der Waals surface area contributed by atoms with Crippen LogP contribution in [0.1, 0.15) is 29.8 Å². The number of ether oxygens (including phenoxy) is 1. The number of hydrogen-bond acceptors (Lipinski definition) is 3. The number of hydrogen-bond donors (Lipinski definition) is 1. The minimum Gasteiger partial charge on any atom is -0.479 e. The van der Waals surface area contributed by atoms with Gasteiger partial charge in [0, 0.05) is 30.8 Å². The molecular formula is C12H18N2O3. The lowest BCUT2D eigenvalue weighted by Gasteiger charge is -2.22. The lowest BCUT2D eigenvalue weighted by Crippen LogP contribution is -2.36. The monoisotopic (exact) mass is 238 g/mol. The molecule has 1 aromatic rings. The highest BCUT2D eigenvalue weighted by Gasteiger charge is 2.56. The zero-order valence-electron chi connectivity index (χ0n) is 10.6. The fraction of sp³-hybridized carbons (Fsp3) is 0.667. The predicted molar refractivity (Wildman–Crippen MR) is 62.0 cm³/mol. The summed E-state index contributed by atoms with van der Waals surface area (Å²) >= 11 is 0. The van der Waals surface area contributed by atoms with Crippen LogP contribution < -0.4 is 0 Å². The number of aliphatic carboxylic acids is 1. The van der Waals surface area contributed by atoms with Crippen LogP contribution >= 0.6 is 0 Å². The molecule has 1 aliphatic carbocycles. The van der Waals surface area contributed by atoms with E-state index in [-0.39, 0.29) is 5.41 Å². The predicted octanol–water partition coefficient (Wildman–Crippen LogP) is 1.17. The molecule has 1 N–H and O–H groups in total. The van der Waals surface area contributed by atoms with Crippen LogP contribution in [-0.4, -0.2) is 34.1 Å². The van der Waals surface area contributed by atoms with E-state index in [4.69, 9.17) is 4.74 Å². The second-order valence-corrected chi connectivity index (χ2v) is 4.78. The van der Waals surface area contributed by atoms with Gasteiger partial charge >= 0.3 is 5.97 Å². The normalized spacial score (nSPS) is 19.1. The van der Waals surface area contributed by atoms with E-state index >= 15 is 0 Å². The number of aromatic nitrogens is 2. The van der Waals surface area contributed by atoms with E-state index in [0.29, 0.717) is 0 Å². The maximum absolute atomic E-state index is 11.3. The average molecular weight is 238 g/mol. The Morgan fingerprint density at radius 3 is 2.41 bits per heavy atom. The topological polar surface area (TPSA) is 64.3 Å². The molecule has 5 nitrogen and oxygen atoms in total. The summed E-state index contributed by atoms with van der Waals surface area (Å²) in [6, 6.07) is 0. The van der Waals surface area contributed by atoms with Crippen molar-refractivity contribution in [2.24, 2.45) is 7.05 Å². The number of carbonyl (C=O) groups is 1. The summed E-state index contributed by atoms with van der Waals surface area (Å²) in [5.41, 5.74) is 2.62. The Hall–Kier alpha value is -1.36. The highest BCUT2D eigenvalue weighted by Crippen LogP contribution is 2.53. The molecule has 0 aliphatic heterocycles. The van der Waals surface area contributed by atoms with E-state index in [1.165, 1.54) is 7.11 Å². The molecule has 1 saturated carbocycles. The first kappa shape index (κ1) is 12.1. The molecule has 0 radical (unpaired) electrons. The van der Waals surface area contributed by atoms with Crippen molar-refractivity contribution in [3.05, 3.63) is 17.0 Å². The fourth-order valence-corrected chi connectivity index (χ4v) is 2.83. The van der Waals surface area contributed by atoms with Crippen molar-refractivity contribution < 1.29 is 14.6 Å². The maximum Gasteiger partial charge on any atom is 0.333 e. The summed E-state index contributed by atoms with van der Waals surface area (Å²) in [7, 11) is 3.34. The first-order valence-electron chi connectivity index (χ1n) is 5.70. The molecule has 1 aromatic heterocycles. The van der Waals surface area contributed by atoms with Gasteiger partial charge in [-0.2, -0.15) is 5.10 Å². The lowest BCUT2D eigenvalue weighted by molar-refractivity contribution is -0.150. The van der Waals surface area contributed by atoms with E-state index in [9.17, 15) is 9.90 Å². The largest absolute Gasteiger partial charge is 0.479 e. The van der Waals surface area contributed by atoms with E-state index in [1.54, 1.807) is 4.68 Å². The molecule has 2 rings (SSSR count). The minimum absolute atomic E-state index is 0.372. The molecule has 0 bridgehead atoms. The van der Waals surface area contributed by atoms with E-state index in [2.05, 4.69) is 5.10 Å². The van der Waals surface area contributed by atoms with E-state index in [1.807, 2.05) is 20.9 Å². The van der Waals surface area contributed by atoms with Crippen molar-refractivity contribution in [2.45, 2.75) is 38.2 Å². The van der Waals surface area contributed by atoms with Gasteiger partial charge in [0.05, 0.1) is 5.69 Å². The number of aryl methyl sites for hydroxylation is 2. The van der Waals surface area contributed by atoms with Crippen LogP contribution in [0.2, 0.25) is 0 Å². The molecule has 1 heterocycles. The highest BCUT2D eigenvalue weighted by atomic mass is 16.5. The standard InChI is InChI=1S/C12H18N2O3/c1-7-9(8(2)14(3)13-7)12(5-6-12)10(17-4)11(15)16/h10H,5-6H2,1-4H3,(H,15,16). The number of carboxylic acid groups (broad SMARTS) is 1. The second kappa shape index (κ2) is 3.84. The van der Waals surface area contributed by atoms with Crippen molar-refractivity contribution in [3.8, 4) is 0 Å². The van der Waals surface area contributed by atoms with Gasteiger partial charge in [0.25, 0.3) is 0 Å². The van der Waals surface area contributed by atoms with Gasteiger partial charge in [-0.15, -0.1) is 0 Å². The van der Waals surface area contributed by atoms with Crippen LogP contribution in [0.3, 0.4) is 0 Å². The fourth-order valence-electron chi connectivity index (χ4n) is 2.83. The molecule has 94 valence electrons. The molecular weight excluding hydrogens is 220 g/mol. The zero-order valence-corrected chi connectivity index (χ0v) is 10.6. The second-order valence-electron chi connectivity index (χ2n) is 4.78. The zero-order chi connectivity index (χ0) is 12.8. The summed E-state index contributed by atoms with van der Waals surface area (Å²) in [6.45, 7) is 3.90. The molecule has 1 unspecified atom stereocenters. The van der Waals surface area contributed by atoms with Gasteiger partial charge in [-0.3, -0.25) is 4.68 Å².